The Labute approximate surface area is 126 Å². The van der Waals surface area contributed by atoms with Gasteiger partial charge in [0.05, 0.1) is 16.5 Å². The Kier molecular flexibility index (Phi) is 4.66. The van der Waals surface area contributed by atoms with Gasteiger partial charge < -0.3 is 20.6 Å². The summed E-state index contributed by atoms with van der Waals surface area (Å²) in [5, 5.41) is 9.92. The number of carbonyl (C=O) groups is 1. The number of hydrogen-bond acceptors (Lipinski definition) is 4. The third kappa shape index (κ3) is 2.82. The number of amides is 1. The molecule has 5 nitrogen and oxygen atoms in total. The smallest absolute Gasteiger partial charge is 0.236 e. The summed E-state index contributed by atoms with van der Waals surface area (Å²) in [6.07, 6.45) is 3.70. The van der Waals surface area contributed by atoms with Crippen molar-refractivity contribution < 1.29 is 9.90 Å². The molecular formula is C14H25N3O2S. The van der Waals surface area contributed by atoms with Gasteiger partial charge >= 0.3 is 0 Å². The summed E-state index contributed by atoms with van der Waals surface area (Å²) in [6, 6.07) is 0.0549. The molecule has 1 heterocycles. The van der Waals surface area contributed by atoms with Crippen molar-refractivity contribution in [1.82, 2.24) is 9.80 Å². The summed E-state index contributed by atoms with van der Waals surface area (Å²) >= 11 is 5.19. The lowest BCUT2D eigenvalue weighted by Crippen LogP contribution is -2.52. The SMILES string of the molecule is CN(C)CC1CC(O)CN1C(=O)C1(C(N)=S)CCCC1. The highest BCUT2D eigenvalue weighted by molar-refractivity contribution is 7.80. The van der Waals surface area contributed by atoms with Crippen LogP contribution in [0.1, 0.15) is 32.1 Å². The van der Waals surface area contributed by atoms with Crippen LogP contribution >= 0.6 is 12.2 Å². The van der Waals surface area contributed by atoms with E-state index in [1.54, 1.807) is 0 Å². The van der Waals surface area contributed by atoms with Crippen LogP contribution in [-0.2, 0) is 4.79 Å². The standard InChI is InChI=1S/C14H25N3O2S/c1-16(2)8-10-7-11(18)9-17(10)13(19)14(12(15)20)5-3-4-6-14/h10-11,18H,3-9H2,1-2H3,(H2,15,20). The number of aliphatic hydroxyl groups excluding tert-OH is 1. The topological polar surface area (TPSA) is 69.8 Å². The summed E-state index contributed by atoms with van der Waals surface area (Å²) in [7, 11) is 3.96. The van der Waals surface area contributed by atoms with Gasteiger partial charge in [-0.05, 0) is 33.4 Å². The molecule has 2 rings (SSSR count). The number of β-amino-alcohol motifs (C(OH)–C–C–N with tert-alkyl or cyclic N) is 1. The molecule has 1 aliphatic carbocycles. The summed E-state index contributed by atoms with van der Waals surface area (Å²) in [5.41, 5.74) is 5.23. The van der Waals surface area contributed by atoms with Gasteiger partial charge in [-0.15, -0.1) is 0 Å². The average molecular weight is 299 g/mol. The van der Waals surface area contributed by atoms with E-state index in [0.717, 1.165) is 32.2 Å². The number of nitrogens with two attached hydrogens (primary N) is 1. The molecule has 1 amide bonds. The largest absolute Gasteiger partial charge is 0.392 e. The van der Waals surface area contributed by atoms with E-state index in [1.807, 2.05) is 23.9 Å². The zero-order valence-corrected chi connectivity index (χ0v) is 13.2. The van der Waals surface area contributed by atoms with E-state index in [-0.39, 0.29) is 11.9 Å². The number of aliphatic hydroxyl groups is 1. The van der Waals surface area contributed by atoms with Gasteiger partial charge in [-0.25, -0.2) is 0 Å². The Morgan fingerprint density at radius 1 is 1.45 bits per heavy atom. The van der Waals surface area contributed by atoms with Crippen molar-refractivity contribution in [1.29, 1.82) is 0 Å². The maximum atomic E-state index is 13.0. The van der Waals surface area contributed by atoms with E-state index < -0.39 is 11.5 Å². The molecule has 1 saturated heterocycles. The first kappa shape index (κ1) is 15.7. The zero-order chi connectivity index (χ0) is 14.9. The van der Waals surface area contributed by atoms with E-state index in [9.17, 15) is 9.90 Å². The second-order valence-electron chi connectivity index (χ2n) is 6.42. The van der Waals surface area contributed by atoms with Crippen molar-refractivity contribution in [3.05, 3.63) is 0 Å². The van der Waals surface area contributed by atoms with Crippen molar-refractivity contribution in [3.63, 3.8) is 0 Å². The Bertz CT molecular complexity index is 394. The fourth-order valence-electron chi connectivity index (χ4n) is 3.55. The maximum Gasteiger partial charge on any atom is 0.236 e. The van der Waals surface area contributed by atoms with Crippen LogP contribution in [0.25, 0.3) is 0 Å². The van der Waals surface area contributed by atoms with Gasteiger partial charge in [0.25, 0.3) is 0 Å². The fourth-order valence-corrected chi connectivity index (χ4v) is 3.85. The van der Waals surface area contributed by atoms with Crippen molar-refractivity contribution in [2.75, 3.05) is 27.2 Å². The Morgan fingerprint density at radius 2 is 2.05 bits per heavy atom. The monoisotopic (exact) mass is 299 g/mol. The van der Waals surface area contributed by atoms with Crippen molar-refractivity contribution in [2.24, 2.45) is 11.1 Å². The minimum absolute atomic E-state index is 0.0332. The van der Waals surface area contributed by atoms with E-state index in [0.29, 0.717) is 18.0 Å². The Balaban J connectivity index is 2.19. The highest BCUT2D eigenvalue weighted by Gasteiger charge is 2.49. The third-order valence-electron chi connectivity index (χ3n) is 4.57. The van der Waals surface area contributed by atoms with Gasteiger partial charge in [-0.2, -0.15) is 0 Å². The zero-order valence-electron chi connectivity index (χ0n) is 12.3. The molecule has 2 unspecified atom stereocenters. The van der Waals surface area contributed by atoms with Gasteiger partial charge in [0.1, 0.15) is 0 Å². The molecule has 114 valence electrons. The predicted octanol–water partition coefficient (Wildman–Crippen LogP) is 0.356. The van der Waals surface area contributed by atoms with Crippen LogP contribution in [0.5, 0.6) is 0 Å². The molecule has 2 atom stereocenters. The first-order valence-electron chi connectivity index (χ1n) is 7.30. The van der Waals surface area contributed by atoms with E-state index in [4.69, 9.17) is 18.0 Å². The van der Waals surface area contributed by atoms with E-state index in [1.165, 1.54) is 0 Å². The second-order valence-corrected chi connectivity index (χ2v) is 6.86. The highest BCUT2D eigenvalue weighted by atomic mass is 32.1. The molecule has 6 heteroatoms. The van der Waals surface area contributed by atoms with Crippen molar-refractivity contribution >= 4 is 23.1 Å². The van der Waals surface area contributed by atoms with Crippen LogP contribution in [0, 0.1) is 5.41 Å². The molecule has 3 N–H and O–H groups in total. The Hall–Kier alpha value is -0.720. The lowest BCUT2D eigenvalue weighted by Gasteiger charge is -2.35. The maximum absolute atomic E-state index is 13.0. The normalized spacial score (nSPS) is 29.1. The molecule has 0 aromatic rings. The van der Waals surface area contributed by atoms with Crippen molar-refractivity contribution in [3.8, 4) is 0 Å². The van der Waals surface area contributed by atoms with Gasteiger partial charge in [-0.3, -0.25) is 4.79 Å². The number of rotatable bonds is 4. The van der Waals surface area contributed by atoms with Crippen molar-refractivity contribution in [2.45, 2.75) is 44.2 Å². The minimum atomic E-state index is -0.663. The lowest BCUT2D eigenvalue weighted by atomic mass is 9.84. The number of nitrogens with zero attached hydrogens (tertiary/aromatic N) is 2. The number of hydrogen-bond donors (Lipinski definition) is 2. The predicted molar refractivity (Wildman–Crippen MR) is 82.4 cm³/mol. The molecule has 1 aliphatic heterocycles. The number of carbonyl (C=O) groups excluding carboxylic acids is 1. The van der Waals surface area contributed by atoms with Crippen LogP contribution in [0.2, 0.25) is 0 Å². The first-order chi connectivity index (χ1) is 9.36. The molecule has 2 aliphatic rings. The third-order valence-corrected chi connectivity index (χ3v) is 4.96. The minimum Gasteiger partial charge on any atom is -0.392 e. The molecule has 0 radical (unpaired) electrons. The first-order valence-corrected chi connectivity index (χ1v) is 7.71. The summed E-state index contributed by atoms with van der Waals surface area (Å²) < 4.78 is 0. The Morgan fingerprint density at radius 3 is 2.55 bits per heavy atom. The van der Waals surface area contributed by atoms with Crippen LogP contribution < -0.4 is 5.73 Å². The van der Waals surface area contributed by atoms with E-state index >= 15 is 0 Å². The number of likely N-dealkylation sites (tertiary alicyclic amines) is 1. The van der Waals surface area contributed by atoms with Crippen LogP contribution in [-0.4, -0.2) is 65.1 Å². The summed E-state index contributed by atoms with van der Waals surface area (Å²) in [4.78, 5) is 17.2. The van der Waals surface area contributed by atoms with E-state index in [2.05, 4.69) is 0 Å². The molecule has 1 saturated carbocycles. The fraction of sp³-hybridized carbons (Fsp3) is 0.857. The van der Waals surface area contributed by atoms with Gasteiger partial charge in [-0.1, -0.05) is 25.1 Å². The molecule has 20 heavy (non-hydrogen) atoms. The van der Waals surface area contributed by atoms with Gasteiger partial charge in [0, 0.05) is 19.1 Å². The van der Waals surface area contributed by atoms with Gasteiger partial charge in [0.15, 0.2) is 0 Å². The molecule has 2 fully saturated rings. The number of thiocarbonyl (C=S) groups is 1. The summed E-state index contributed by atoms with van der Waals surface area (Å²) in [6.45, 7) is 1.16. The number of likely N-dealkylation sites (N-methyl/N-ethyl adjacent to an activating group) is 1. The molecule has 0 aromatic carbocycles. The quantitative estimate of drug-likeness (QED) is 0.733. The lowest BCUT2D eigenvalue weighted by molar-refractivity contribution is -0.139. The molecule has 0 aromatic heterocycles. The molecule has 0 bridgehead atoms. The summed E-state index contributed by atoms with van der Waals surface area (Å²) in [5.74, 6) is 0.0332. The van der Waals surface area contributed by atoms with Gasteiger partial charge in [0.2, 0.25) is 5.91 Å². The molecule has 0 spiro atoms. The van der Waals surface area contributed by atoms with Crippen LogP contribution in [0.15, 0.2) is 0 Å². The highest BCUT2D eigenvalue weighted by Crippen LogP contribution is 2.41. The van der Waals surface area contributed by atoms with Crippen LogP contribution in [0.4, 0.5) is 0 Å². The second kappa shape index (κ2) is 5.95. The average Bonchev–Trinajstić information content (AvgIpc) is 2.95. The van der Waals surface area contributed by atoms with Crippen LogP contribution in [0.3, 0.4) is 0 Å². The molecular weight excluding hydrogens is 274 g/mol.